The van der Waals surface area contributed by atoms with Crippen molar-refractivity contribution < 1.29 is 13.6 Å². The number of hydrogen-bond acceptors (Lipinski definition) is 4. The van der Waals surface area contributed by atoms with Crippen LogP contribution in [0.4, 0.5) is 14.5 Å². The zero-order valence-corrected chi connectivity index (χ0v) is 16.8. The molecule has 2 aliphatic rings. The van der Waals surface area contributed by atoms with Crippen LogP contribution in [0, 0.1) is 11.6 Å². The second-order valence-electron chi connectivity index (χ2n) is 7.00. The van der Waals surface area contributed by atoms with Gasteiger partial charge in [-0.2, -0.15) is 0 Å². The molecule has 152 valence electrons. The van der Waals surface area contributed by atoms with Gasteiger partial charge in [0.1, 0.15) is 11.6 Å². The van der Waals surface area contributed by atoms with Crippen molar-refractivity contribution in [1.82, 2.24) is 15.1 Å². The van der Waals surface area contributed by atoms with Crippen LogP contribution >= 0.6 is 0 Å². The molecule has 1 aromatic rings. The molecule has 0 aliphatic carbocycles. The van der Waals surface area contributed by atoms with Gasteiger partial charge >= 0.3 is 0 Å². The van der Waals surface area contributed by atoms with Gasteiger partial charge in [0.15, 0.2) is 0 Å². The highest BCUT2D eigenvalue weighted by Gasteiger charge is 2.31. The lowest BCUT2D eigenvalue weighted by atomic mass is 10.1. The number of rotatable bonds is 3. The molecule has 27 heavy (non-hydrogen) atoms. The number of carbonyl (C=O) groups is 1. The van der Waals surface area contributed by atoms with E-state index >= 15 is 0 Å². The quantitative estimate of drug-likeness (QED) is 0.871. The first-order chi connectivity index (χ1) is 13.0. The van der Waals surface area contributed by atoms with Crippen molar-refractivity contribution in [3.63, 3.8) is 0 Å². The molecule has 7 heteroatoms. The van der Waals surface area contributed by atoms with Gasteiger partial charge in [-0.25, -0.2) is 8.78 Å². The van der Waals surface area contributed by atoms with Gasteiger partial charge in [0.05, 0.1) is 11.7 Å². The molecule has 0 saturated carbocycles. The van der Waals surface area contributed by atoms with Crippen molar-refractivity contribution in [2.75, 3.05) is 50.7 Å². The minimum absolute atomic E-state index is 0.115. The Morgan fingerprint density at radius 2 is 1.78 bits per heavy atom. The molecule has 0 bridgehead atoms. The molecule has 1 aromatic carbocycles. The van der Waals surface area contributed by atoms with Crippen molar-refractivity contribution in [2.24, 2.45) is 0 Å². The first-order valence-electron chi connectivity index (χ1n) is 9.92. The molecule has 1 amide bonds. The van der Waals surface area contributed by atoms with E-state index in [0.29, 0.717) is 37.9 Å². The summed E-state index contributed by atoms with van der Waals surface area (Å²) in [7, 11) is 0. The summed E-state index contributed by atoms with van der Waals surface area (Å²) in [6.45, 7) is 13.0. The fraction of sp³-hybridized carbons (Fsp3) is 0.650. The Labute approximate surface area is 161 Å². The summed E-state index contributed by atoms with van der Waals surface area (Å²) in [6.07, 6.45) is 0. The number of halogens is 2. The van der Waals surface area contributed by atoms with Crippen molar-refractivity contribution in [3.05, 3.63) is 29.8 Å². The highest BCUT2D eigenvalue weighted by molar-refractivity contribution is 5.82. The SMILES string of the molecule is CC.CC(C)N1CCN[C@@H](C(=O)N2CCN(c3ccc(F)cc3F)CC2)C1. The average molecular weight is 382 g/mol. The predicted octanol–water partition coefficient (Wildman–Crippen LogP) is 2.32. The average Bonchev–Trinajstić information content (AvgIpc) is 2.69. The summed E-state index contributed by atoms with van der Waals surface area (Å²) in [6, 6.07) is 3.88. The number of benzene rings is 1. The Balaban J connectivity index is 0.00000126. The van der Waals surface area contributed by atoms with Crippen LogP contribution in [0.5, 0.6) is 0 Å². The summed E-state index contributed by atoms with van der Waals surface area (Å²) in [5.41, 5.74) is 0.398. The third-order valence-corrected chi connectivity index (χ3v) is 5.08. The van der Waals surface area contributed by atoms with Crippen LogP contribution < -0.4 is 10.2 Å². The standard InChI is InChI=1S/C18H26F2N4O.C2H6/c1-13(2)24-6-5-21-16(12-24)18(25)23-9-7-22(8-10-23)17-4-3-14(19)11-15(17)20;1-2/h3-4,11,13,16,21H,5-10,12H2,1-2H3;1-2H3/t16-;/m1./s1. The first kappa shape index (κ1) is 21.6. The maximum atomic E-state index is 13.9. The van der Waals surface area contributed by atoms with Crippen LogP contribution in [0.3, 0.4) is 0 Å². The second kappa shape index (κ2) is 9.99. The van der Waals surface area contributed by atoms with Gasteiger partial charge in [0, 0.05) is 57.9 Å². The highest BCUT2D eigenvalue weighted by Crippen LogP contribution is 2.22. The van der Waals surface area contributed by atoms with E-state index in [0.717, 1.165) is 25.7 Å². The lowest BCUT2D eigenvalue weighted by molar-refractivity contribution is -0.135. The molecule has 3 rings (SSSR count). The second-order valence-corrected chi connectivity index (χ2v) is 7.00. The monoisotopic (exact) mass is 382 g/mol. The van der Waals surface area contributed by atoms with E-state index in [2.05, 4.69) is 24.1 Å². The van der Waals surface area contributed by atoms with Gasteiger partial charge in [-0.05, 0) is 26.0 Å². The van der Waals surface area contributed by atoms with Gasteiger partial charge in [-0.15, -0.1) is 0 Å². The van der Waals surface area contributed by atoms with Crippen LogP contribution in [-0.2, 0) is 4.79 Å². The number of amides is 1. The Bertz CT molecular complexity index is 618. The summed E-state index contributed by atoms with van der Waals surface area (Å²) >= 11 is 0. The number of carbonyl (C=O) groups excluding carboxylic acids is 1. The molecule has 5 nitrogen and oxygen atoms in total. The predicted molar refractivity (Wildman–Crippen MR) is 105 cm³/mol. The maximum Gasteiger partial charge on any atom is 0.241 e. The van der Waals surface area contributed by atoms with Crippen LogP contribution in [0.15, 0.2) is 18.2 Å². The fourth-order valence-electron chi connectivity index (χ4n) is 3.53. The summed E-state index contributed by atoms with van der Waals surface area (Å²) in [5.74, 6) is -1.01. The molecule has 2 heterocycles. The van der Waals surface area contributed by atoms with E-state index in [1.807, 2.05) is 23.6 Å². The molecule has 0 unspecified atom stereocenters. The van der Waals surface area contributed by atoms with Crippen LogP contribution in [0.1, 0.15) is 27.7 Å². The number of piperazine rings is 2. The zero-order chi connectivity index (χ0) is 20.0. The topological polar surface area (TPSA) is 38.8 Å². The van der Waals surface area contributed by atoms with Gasteiger partial charge < -0.3 is 15.1 Å². The maximum absolute atomic E-state index is 13.9. The highest BCUT2D eigenvalue weighted by atomic mass is 19.1. The lowest BCUT2D eigenvalue weighted by Gasteiger charge is -2.40. The van der Waals surface area contributed by atoms with E-state index in [4.69, 9.17) is 0 Å². The molecule has 1 atom stereocenters. The minimum atomic E-state index is -0.576. The number of hydrogen-bond donors (Lipinski definition) is 1. The number of nitrogens with one attached hydrogen (secondary N) is 1. The van der Waals surface area contributed by atoms with Gasteiger partial charge in [-0.3, -0.25) is 9.69 Å². The van der Waals surface area contributed by atoms with E-state index in [-0.39, 0.29) is 11.9 Å². The smallest absolute Gasteiger partial charge is 0.241 e. The molecule has 0 radical (unpaired) electrons. The molecular weight excluding hydrogens is 350 g/mol. The molecule has 0 spiro atoms. The molecule has 2 saturated heterocycles. The Morgan fingerprint density at radius 1 is 1.11 bits per heavy atom. The normalized spacial score (nSPS) is 21.1. The zero-order valence-electron chi connectivity index (χ0n) is 16.8. The lowest BCUT2D eigenvalue weighted by Crippen LogP contribution is -2.61. The largest absolute Gasteiger partial charge is 0.366 e. The van der Waals surface area contributed by atoms with Crippen LogP contribution in [0.2, 0.25) is 0 Å². The van der Waals surface area contributed by atoms with E-state index < -0.39 is 11.6 Å². The minimum Gasteiger partial charge on any atom is -0.366 e. The Hall–Kier alpha value is -1.73. The summed E-state index contributed by atoms with van der Waals surface area (Å²) in [5, 5.41) is 3.31. The third-order valence-electron chi connectivity index (χ3n) is 5.08. The van der Waals surface area contributed by atoms with Crippen LogP contribution in [-0.4, -0.2) is 73.6 Å². The molecule has 0 aromatic heterocycles. The van der Waals surface area contributed by atoms with Crippen molar-refractivity contribution in [3.8, 4) is 0 Å². The van der Waals surface area contributed by atoms with E-state index in [9.17, 15) is 13.6 Å². The van der Waals surface area contributed by atoms with E-state index in [1.54, 1.807) is 0 Å². The van der Waals surface area contributed by atoms with Gasteiger partial charge in [0.2, 0.25) is 5.91 Å². The number of nitrogens with zero attached hydrogens (tertiary/aromatic N) is 3. The molecule has 2 aliphatic heterocycles. The number of anilines is 1. The first-order valence-corrected chi connectivity index (χ1v) is 9.92. The molecule has 1 N–H and O–H groups in total. The fourth-order valence-corrected chi connectivity index (χ4v) is 3.53. The van der Waals surface area contributed by atoms with Gasteiger partial charge in [-0.1, -0.05) is 13.8 Å². The molecular formula is C20H32F2N4O. The van der Waals surface area contributed by atoms with Crippen molar-refractivity contribution >= 4 is 11.6 Å². The Morgan fingerprint density at radius 3 is 2.37 bits per heavy atom. The van der Waals surface area contributed by atoms with Crippen molar-refractivity contribution in [1.29, 1.82) is 0 Å². The Kier molecular flexibility index (Phi) is 7.98. The van der Waals surface area contributed by atoms with E-state index in [1.165, 1.54) is 12.1 Å². The van der Waals surface area contributed by atoms with Gasteiger partial charge in [0.25, 0.3) is 0 Å². The summed E-state index contributed by atoms with van der Waals surface area (Å²) in [4.78, 5) is 18.8. The van der Waals surface area contributed by atoms with Crippen LogP contribution in [0.25, 0.3) is 0 Å². The molecule has 2 fully saturated rings. The third kappa shape index (κ3) is 5.39. The summed E-state index contributed by atoms with van der Waals surface area (Å²) < 4.78 is 27.0. The van der Waals surface area contributed by atoms with Crippen molar-refractivity contribution in [2.45, 2.75) is 39.8 Å².